The maximum Gasteiger partial charge on any atom is 0.105 e. The SMILES string of the molecule is N#Cc1cc(C(O)C(O)CCCl)ccc1Cl. The lowest BCUT2D eigenvalue weighted by Gasteiger charge is -2.17. The zero-order valence-corrected chi connectivity index (χ0v) is 9.91. The molecule has 1 aromatic rings. The first kappa shape index (κ1) is 13.3. The van der Waals surface area contributed by atoms with E-state index in [1.807, 2.05) is 6.07 Å². The van der Waals surface area contributed by atoms with E-state index in [-0.39, 0.29) is 17.9 Å². The van der Waals surface area contributed by atoms with Crippen LogP contribution in [0.5, 0.6) is 0 Å². The van der Waals surface area contributed by atoms with Crippen molar-refractivity contribution < 1.29 is 10.2 Å². The summed E-state index contributed by atoms with van der Waals surface area (Å²) in [5.74, 6) is 0.261. The van der Waals surface area contributed by atoms with Crippen molar-refractivity contribution in [1.82, 2.24) is 0 Å². The molecule has 0 aliphatic rings. The maximum atomic E-state index is 9.77. The minimum Gasteiger partial charge on any atom is -0.390 e. The first-order valence-corrected chi connectivity index (χ1v) is 5.63. The fraction of sp³-hybridized carbons (Fsp3) is 0.364. The second-order valence-electron chi connectivity index (χ2n) is 3.34. The molecule has 0 heterocycles. The van der Waals surface area contributed by atoms with Crippen LogP contribution in [0.1, 0.15) is 23.7 Å². The third-order valence-electron chi connectivity index (χ3n) is 2.22. The predicted molar refractivity (Wildman–Crippen MR) is 62.5 cm³/mol. The van der Waals surface area contributed by atoms with Gasteiger partial charge in [-0.05, 0) is 24.1 Å². The summed E-state index contributed by atoms with van der Waals surface area (Å²) in [4.78, 5) is 0. The fourth-order valence-electron chi connectivity index (χ4n) is 1.30. The van der Waals surface area contributed by atoms with Gasteiger partial charge in [0.2, 0.25) is 0 Å². The summed E-state index contributed by atoms with van der Waals surface area (Å²) in [6.07, 6.45) is -1.71. The molecule has 0 amide bonds. The van der Waals surface area contributed by atoms with Gasteiger partial charge in [-0.25, -0.2) is 0 Å². The van der Waals surface area contributed by atoms with Gasteiger partial charge in [-0.2, -0.15) is 5.26 Å². The Morgan fingerprint density at radius 3 is 2.62 bits per heavy atom. The van der Waals surface area contributed by atoms with Crippen LogP contribution < -0.4 is 0 Å². The first-order chi connectivity index (χ1) is 7.60. The second kappa shape index (κ2) is 6.07. The molecular formula is C11H11Cl2NO2. The molecule has 5 heteroatoms. The van der Waals surface area contributed by atoms with Gasteiger partial charge < -0.3 is 10.2 Å². The summed E-state index contributed by atoms with van der Waals surface area (Å²) in [7, 11) is 0. The van der Waals surface area contributed by atoms with E-state index in [9.17, 15) is 10.2 Å². The van der Waals surface area contributed by atoms with Crippen molar-refractivity contribution in [2.24, 2.45) is 0 Å². The van der Waals surface area contributed by atoms with E-state index >= 15 is 0 Å². The molecule has 86 valence electrons. The van der Waals surface area contributed by atoms with E-state index in [4.69, 9.17) is 28.5 Å². The van der Waals surface area contributed by atoms with E-state index < -0.39 is 12.2 Å². The molecule has 3 nitrogen and oxygen atoms in total. The number of rotatable bonds is 4. The summed E-state index contributed by atoms with van der Waals surface area (Å²) < 4.78 is 0. The number of nitrogens with zero attached hydrogens (tertiary/aromatic N) is 1. The van der Waals surface area contributed by atoms with Crippen LogP contribution in [0.15, 0.2) is 18.2 Å². The van der Waals surface area contributed by atoms with Gasteiger partial charge in [0.1, 0.15) is 12.2 Å². The summed E-state index contributed by atoms with van der Waals surface area (Å²) in [5, 5.41) is 28.4. The maximum absolute atomic E-state index is 9.77. The normalized spacial score (nSPS) is 14.2. The van der Waals surface area contributed by atoms with Gasteiger partial charge in [-0.15, -0.1) is 11.6 Å². The molecule has 2 atom stereocenters. The Kier molecular flexibility index (Phi) is 5.04. The molecule has 2 N–H and O–H groups in total. The number of benzene rings is 1. The Morgan fingerprint density at radius 1 is 1.38 bits per heavy atom. The highest BCUT2D eigenvalue weighted by Gasteiger charge is 2.18. The van der Waals surface area contributed by atoms with E-state index in [2.05, 4.69) is 0 Å². The quantitative estimate of drug-likeness (QED) is 0.816. The number of aliphatic hydroxyl groups excluding tert-OH is 2. The van der Waals surface area contributed by atoms with Crippen LogP contribution in [0.2, 0.25) is 5.02 Å². The molecule has 0 aliphatic carbocycles. The van der Waals surface area contributed by atoms with Gasteiger partial charge in [0.25, 0.3) is 0 Å². The van der Waals surface area contributed by atoms with Crippen LogP contribution in [0.25, 0.3) is 0 Å². The van der Waals surface area contributed by atoms with Crippen molar-refractivity contribution >= 4 is 23.2 Å². The van der Waals surface area contributed by atoms with Gasteiger partial charge in [0, 0.05) is 5.88 Å². The molecule has 0 saturated heterocycles. The van der Waals surface area contributed by atoms with Gasteiger partial charge in [0.15, 0.2) is 0 Å². The summed E-state index contributed by atoms with van der Waals surface area (Å²) in [5.41, 5.74) is 0.731. The smallest absolute Gasteiger partial charge is 0.105 e. The van der Waals surface area contributed by atoms with Crippen LogP contribution in [-0.4, -0.2) is 22.2 Å². The molecule has 0 radical (unpaired) electrons. The first-order valence-electron chi connectivity index (χ1n) is 4.71. The van der Waals surface area contributed by atoms with E-state index in [0.29, 0.717) is 10.6 Å². The van der Waals surface area contributed by atoms with Crippen LogP contribution in [0.4, 0.5) is 0 Å². The number of hydrogen-bond donors (Lipinski definition) is 2. The third-order valence-corrected chi connectivity index (χ3v) is 2.77. The molecule has 0 aromatic heterocycles. The molecule has 0 bridgehead atoms. The topological polar surface area (TPSA) is 64.2 Å². The Balaban J connectivity index is 2.92. The standard InChI is InChI=1S/C11H11Cl2NO2/c12-4-3-10(15)11(16)7-1-2-9(13)8(5-7)6-14/h1-2,5,10-11,15-16H,3-4H2. The zero-order valence-electron chi connectivity index (χ0n) is 8.40. The van der Waals surface area contributed by atoms with E-state index in [0.717, 1.165) is 0 Å². The van der Waals surface area contributed by atoms with Crippen LogP contribution in [-0.2, 0) is 0 Å². The Hall–Kier alpha value is -0.790. The second-order valence-corrected chi connectivity index (χ2v) is 4.13. The lowest BCUT2D eigenvalue weighted by molar-refractivity contribution is 0.0170. The van der Waals surface area contributed by atoms with E-state index in [1.165, 1.54) is 12.1 Å². The number of alkyl halides is 1. The van der Waals surface area contributed by atoms with Crippen molar-refractivity contribution in [3.63, 3.8) is 0 Å². The molecule has 0 spiro atoms. The monoisotopic (exact) mass is 259 g/mol. The highest BCUT2D eigenvalue weighted by atomic mass is 35.5. The van der Waals surface area contributed by atoms with Gasteiger partial charge >= 0.3 is 0 Å². The highest BCUT2D eigenvalue weighted by molar-refractivity contribution is 6.31. The van der Waals surface area contributed by atoms with E-state index in [1.54, 1.807) is 6.07 Å². The number of aliphatic hydroxyl groups is 2. The van der Waals surface area contributed by atoms with Crippen molar-refractivity contribution in [2.45, 2.75) is 18.6 Å². The average Bonchev–Trinajstić information content (AvgIpc) is 2.29. The van der Waals surface area contributed by atoms with Gasteiger partial charge in [0.05, 0.1) is 16.7 Å². The average molecular weight is 260 g/mol. The van der Waals surface area contributed by atoms with Crippen LogP contribution in [0, 0.1) is 11.3 Å². The molecule has 0 fully saturated rings. The predicted octanol–water partition coefficient (Wildman–Crippen LogP) is 2.23. The van der Waals surface area contributed by atoms with Gasteiger partial charge in [-0.1, -0.05) is 17.7 Å². The summed E-state index contributed by atoms with van der Waals surface area (Å²) >= 11 is 11.2. The molecule has 2 unspecified atom stereocenters. The molecule has 1 aromatic carbocycles. The summed E-state index contributed by atoms with van der Waals surface area (Å²) in [6, 6.07) is 6.47. The Bertz CT molecular complexity index is 403. The van der Waals surface area contributed by atoms with Gasteiger partial charge in [-0.3, -0.25) is 0 Å². The third kappa shape index (κ3) is 3.10. The number of hydrogen-bond acceptors (Lipinski definition) is 3. The minimum absolute atomic E-state index is 0.261. The fourth-order valence-corrected chi connectivity index (χ4v) is 1.69. The molecule has 0 aliphatic heterocycles. The molecule has 1 rings (SSSR count). The van der Waals surface area contributed by atoms with Crippen molar-refractivity contribution in [2.75, 3.05) is 5.88 Å². The number of halogens is 2. The van der Waals surface area contributed by atoms with Crippen molar-refractivity contribution in [3.8, 4) is 6.07 Å². The number of nitriles is 1. The highest BCUT2D eigenvalue weighted by Crippen LogP contribution is 2.24. The van der Waals surface area contributed by atoms with Crippen LogP contribution >= 0.6 is 23.2 Å². The van der Waals surface area contributed by atoms with Crippen molar-refractivity contribution in [3.05, 3.63) is 34.3 Å². The lowest BCUT2D eigenvalue weighted by Crippen LogP contribution is -2.18. The Labute approximate surface area is 104 Å². The Morgan fingerprint density at radius 2 is 2.06 bits per heavy atom. The minimum atomic E-state index is -1.05. The molecule has 16 heavy (non-hydrogen) atoms. The zero-order chi connectivity index (χ0) is 12.1. The van der Waals surface area contributed by atoms with Crippen LogP contribution in [0.3, 0.4) is 0 Å². The lowest BCUT2D eigenvalue weighted by atomic mass is 10.0. The molecule has 0 saturated carbocycles. The van der Waals surface area contributed by atoms with Crippen molar-refractivity contribution in [1.29, 1.82) is 5.26 Å². The summed E-state index contributed by atoms with van der Waals surface area (Å²) in [6.45, 7) is 0. The largest absolute Gasteiger partial charge is 0.390 e. The molecular weight excluding hydrogens is 249 g/mol.